The summed E-state index contributed by atoms with van der Waals surface area (Å²) in [5.41, 5.74) is 1.08. The Balaban J connectivity index is 3.07. The molecule has 0 radical (unpaired) electrons. The standard InChI is InChI=1S/C12H19N3O3/c1-6(2)13-11(16)9(5)15-8(4)10(12(17)18)7(3)14-15/h6,9H,1-5H3,(H,13,16)(H,17,18). The molecule has 1 aromatic rings. The van der Waals surface area contributed by atoms with E-state index in [2.05, 4.69) is 10.4 Å². The molecule has 2 N–H and O–H groups in total. The van der Waals surface area contributed by atoms with E-state index in [9.17, 15) is 9.59 Å². The van der Waals surface area contributed by atoms with Crippen LogP contribution in [0.15, 0.2) is 0 Å². The first-order chi connectivity index (χ1) is 8.25. The summed E-state index contributed by atoms with van der Waals surface area (Å²) in [4.78, 5) is 22.9. The van der Waals surface area contributed by atoms with Crippen LogP contribution in [0.1, 0.15) is 48.6 Å². The zero-order valence-electron chi connectivity index (χ0n) is 11.3. The van der Waals surface area contributed by atoms with Crippen LogP contribution in [0.4, 0.5) is 0 Å². The predicted molar refractivity (Wildman–Crippen MR) is 66.7 cm³/mol. The lowest BCUT2D eigenvalue weighted by Gasteiger charge is -2.16. The summed E-state index contributed by atoms with van der Waals surface area (Å²) < 4.78 is 1.45. The van der Waals surface area contributed by atoms with Crippen LogP contribution in [-0.4, -0.2) is 32.8 Å². The van der Waals surface area contributed by atoms with E-state index in [1.54, 1.807) is 20.8 Å². The smallest absolute Gasteiger partial charge is 0.339 e. The van der Waals surface area contributed by atoms with Crippen LogP contribution in [0.2, 0.25) is 0 Å². The van der Waals surface area contributed by atoms with E-state index < -0.39 is 12.0 Å². The molecule has 0 aliphatic carbocycles. The minimum absolute atomic E-state index is 0.0378. The average molecular weight is 253 g/mol. The molecule has 1 aromatic heterocycles. The number of nitrogens with zero attached hydrogens (tertiary/aromatic N) is 2. The van der Waals surface area contributed by atoms with E-state index in [-0.39, 0.29) is 17.5 Å². The minimum atomic E-state index is -1.02. The number of hydrogen-bond donors (Lipinski definition) is 2. The van der Waals surface area contributed by atoms with E-state index in [1.807, 2.05) is 13.8 Å². The average Bonchev–Trinajstić information content (AvgIpc) is 2.51. The lowest BCUT2D eigenvalue weighted by Crippen LogP contribution is -2.36. The number of carbonyl (C=O) groups excluding carboxylic acids is 1. The van der Waals surface area contributed by atoms with Crippen LogP contribution in [0, 0.1) is 13.8 Å². The molecule has 6 heteroatoms. The monoisotopic (exact) mass is 253 g/mol. The van der Waals surface area contributed by atoms with Crippen LogP contribution >= 0.6 is 0 Å². The van der Waals surface area contributed by atoms with E-state index in [0.717, 1.165) is 0 Å². The summed E-state index contributed by atoms with van der Waals surface area (Å²) in [6.45, 7) is 8.72. The van der Waals surface area contributed by atoms with Crippen LogP contribution in [0.5, 0.6) is 0 Å². The van der Waals surface area contributed by atoms with Crippen molar-refractivity contribution in [3.8, 4) is 0 Å². The topological polar surface area (TPSA) is 84.2 Å². The predicted octanol–water partition coefficient (Wildman–Crippen LogP) is 1.28. The molecule has 1 atom stereocenters. The van der Waals surface area contributed by atoms with E-state index in [4.69, 9.17) is 5.11 Å². The molecule has 0 aliphatic heterocycles. The third-order valence-corrected chi connectivity index (χ3v) is 2.72. The third-order valence-electron chi connectivity index (χ3n) is 2.72. The molecule has 0 fully saturated rings. The molecule has 100 valence electrons. The van der Waals surface area contributed by atoms with Crippen LogP contribution in [0.25, 0.3) is 0 Å². The fraction of sp³-hybridized carbons (Fsp3) is 0.583. The Hall–Kier alpha value is -1.85. The second kappa shape index (κ2) is 5.20. The molecule has 0 aliphatic rings. The Kier molecular flexibility index (Phi) is 4.11. The molecule has 0 saturated carbocycles. The van der Waals surface area contributed by atoms with Gasteiger partial charge < -0.3 is 10.4 Å². The first-order valence-corrected chi connectivity index (χ1v) is 5.85. The second-order valence-corrected chi connectivity index (χ2v) is 4.63. The van der Waals surface area contributed by atoms with Gasteiger partial charge in [0.1, 0.15) is 11.6 Å². The SMILES string of the molecule is Cc1nn(C(C)C(=O)NC(C)C)c(C)c1C(=O)O. The van der Waals surface area contributed by atoms with Gasteiger partial charge in [-0.2, -0.15) is 5.10 Å². The highest BCUT2D eigenvalue weighted by molar-refractivity contribution is 5.90. The lowest BCUT2D eigenvalue weighted by atomic mass is 10.2. The quantitative estimate of drug-likeness (QED) is 0.846. The fourth-order valence-electron chi connectivity index (χ4n) is 1.87. The summed E-state index contributed by atoms with van der Waals surface area (Å²) in [7, 11) is 0. The molecule has 1 amide bonds. The Morgan fingerprint density at radius 2 is 1.83 bits per heavy atom. The van der Waals surface area contributed by atoms with Crippen molar-refractivity contribution in [3.05, 3.63) is 17.0 Å². The Morgan fingerprint density at radius 1 is 1.28 bits per heavy atom. The van der Waals surface area contributed by atoms with Crippen molar-refractivity contribution < 1.29 is 14.7 Å². The van der Waals surface area contributed by atoms with Crippen molar-refractivity contribution in [1.82, 2.24) is 15.1 Å². The van der Waals surface area contributed by atoms with Crippen LogP contribution < -0.4 is 5.32 Å². The zero-order valence-corrected chi connectivity index (χ0v) is 11.3. The molecule has 0 aromatic carbocycles. The lowest BCUT2D eigenvalue weighted by molar-refractivity contribution is -0.124. The van der Waals surface area contributed by atoms with Gasteiger partial charge in [0, 0.05) is 6.04 Å². The molecule has 1 unspecified atom stereocenters. The van der Waals surface area contributed by atoms with Crippen molar-refractivity contribution in [2.24, 2.45) is 0 Å². The van der Waals surface area contributed by atoms with Gasteiger partial charge in [0.05, 0.1) is 11.4 Å². The molecule has 0 spiro atoms. The van der Waals surface area contributed by atoms with Gasteiger partial charge in [-0.3, -0.25) is 9.48 Å². The molecule has 0 saturated heterocycles. The Bertz CT molecular complexity index is 477. The molecular formula is C12H19N3O3. The third kappa shape index (κ3) is 2.69. The van der Waals surface area contributed by atoms with Crippen molar-refractivity contribution in [3.63, 3.8) is 0 Å². The first-order valence-electron chi connectivity index (χ1n) is 5.85. The van der Waals surface area contributed by atoms with Crippen LogP contribution in [0.3, 0.4) is 0 Å². The summed E-state index contributed by atoms with van der Waals surface area (Å²) in [5.74, 6) is -1.19. The number of carboxylic acid groups (broad SMARTS) is 1. The summed E-state index contributed by atoms with van der Waals surface area (Å²) >= 11 is 0. The fourth-order valence-corrected chi connectivity index (χ4v) is 1.87. The largest absolute Gasteiger partial charge is 0.478 e. The van der Waals surface area contributed by atoms with E-state index in [0.29, 0.717) is 11.4 Å². The minimum Gasteiger partial charge on any atom is -0.478 e. The van der Waals surface area contributed by atoms with Crippen LogP contribution in [-0.2, 0) is 4.79 Å². The maximum Gasteiger partial charge on any atom is 0.339 e. The normalized spacial score (nSPS) is 12.6. The van der Waals surface area contributed by atoms with Crippen molar-refractivity contribution >= 4 is 11.9 Å². The summed E-state index contributed by atoms with van der Waals surface area (Å²) in [6, 6.07) is -0.491. The van der Waals surface area contributed by atoms with Gasteiger partial charge in [-0.1, -0.05) is 0 Å². The molecule has 6 nitrogen and oxygen atoms in total. The van der Waals surface area contributed by atoms with Gasteiger partial charge in [-0.25, -0.2) is 4.79 Å². The van der Waals surface area contributed by atoms with Gasteiger partial charge in [0.2, 0.25) is 5.91 Å². The number of aromatic carboxylic acids is 1. The van der Waals surface area contributed by atoms with Crippen molar-refractivity contribution in [2.75, 3.05) is 0 Å². The number of aryl methyl sites for hydroxylation is 1. The van der Waals surface area contributed by atoms with E-state index >= 15 is 0 Å². The Labute approximate surface area is 106 Å². The Morgan fingerprint density at radius 3 is 2.22 bits per heavy atom. The highest BCUT2D eigenvalue weighted by atomic mass is 16.4. The zero-order chi connectivity index (χ0) is 14.0. The summed E-state index contributed by atoms with van der Waals surface area (Å²) in [6.07, 6.45) is 0. The summed E-state index contributed by atoms with van der Waals surface area (Å²) in [5, 5.41) is 16.0. The molecule has 1 heterocycles. The second-order valence-electron chi connectivity index (χ2n) is 4.63. The number of aromatic nitrogens is 2. The molecular weight excluding hydrogens is 234 g/mol. The first kappa shape index (κ1) is 14.2. The maximum absolute atomic E-state index is 11.9. The number of amides is 1. The van der Waals surface area contributed by atoms with Gasteiger partial charge in [-0.05, 0) is 34.6 Å². The van der Waals surface area contributed by atoms with Crippen molar-refractivity contribution in [2.45, 2.75) is 46.7 Å². The number of rotatable bonds is 4. The number of carboxylic acids is 1. The van der Waals surface area contributed by atoms with E-state index in [1.165, 1.54) is 4.68 Å². The molecule has 18 heavy (non-hydrogen) atoms. The molecule has 1 rings (SSSR count). The van der Waals surface area contributed by atoms with Gasteiger partial charge >= 0.3 is 5.97 Å². The van der Waals surface area contributed by atoms with Gasteiger partial charge in [0.25, 0.3) is 0 Å². The maximum atomic E-state index is 11.9. The highest BCUT2D eigenvalue weighted by Gasteiger charge is 2.24. The number of carbonyl (C=O) groups is 2. The number of nitrogens with one attached hydrogen (secondary N) is 1. The van der Waals surface area contributed by atoms with Crippen molar-refractivity contribution in [1.29, 1.82) is 0 Å². The van der Waals surface area contributed by atoms with Gasteiger partial charge in [-0.15, -0.1) is 0 Å². The molecule has 0 bridgehead atoms. The number of hydrogen-bond acceptors (Lipinski definition) is 3. The van der Waals surface area contributed by atoms with Gasteiger partial charge in [0.15, 0.2) is 0 Å². The highest BCUT2D eigenvalue weighted by Crippen LogP contribution is 2.17.